The maximum absolute atomic E-state index is 13.0. The lowest BCUT2D eigenvalue weighted by molar-refractivity contribution is -0.870. The number of carbonyl (C=O) groups is 1. The summed E-state index contributed by atoms with van der Waals surface area (Å²) in [5, 5.41) is 13.9. The predicted molar refractivity (Wildman–Crippen MR) is 297 cm³/mol. The van der Waals surface area contributed by atoms with Gasteiger partial charge in [-0.2, -0.15) is 0 Å². The monoisotopic (exact) mass is 983 g/mol. The summed E-state index contributed by atoms with van der Waals surface area (Å²) in [6.45, 7) is 4.51. The smallest absolute Gasteiger partial charge is 0.268 e. The van der Waals surface area contributed by atoms with Crippen LogP contribution in [0.5, 0.6) is 0 Å². The molecule has 0 aromatic carbocycles. The van der Waals surface area contributed by atoms with Gasteiger partial charge in [-0.25, -0.2) is 0 Å². The van der Waals surface area contributed by atoms with Gasteiger partial charge in [0, 0.05) is 6.42 Å². The van der Waals surface area contributed by atoms with Crippen LogP contribution in [0.15, 0.2) is 97.2 Å². The van der Waals surface area contributed by atoms with E-state index in [9.17, 15) is 19.4 Å². The fourth-order valence-electron chi connectivity index (χ4n) is 7.64. The summed E-state index contributed by atoms with van der Waals surface area (Å²) in [6.07, 6.45) is 71.9. The number of hydrogen-bond donors (Lipinski definition) is 2. The molecule has 0 saturated carbocycles. The van der Waals surface area contributed by atoms with Crippen LogP contribution in [0.4, 0.5) is 0 Å². The molecule has 0 aliphatic carbocycles. The number of carbonyl (C=O) groups excluding carboxylic acids is 1. The van der Waals surface area contributed by atoms with Crippen molar-refractivity contribution in [1.82, 2.24) is 5.32 Å². The van der Waals surface area contributed by atoms with Crippen molar-refractivity contribution in [1.29, 1.82) is 0 Å². The van der Waals surface area contributed by atoms with Gasteiger partial charge in [-0.05, 0) is 83.5 Å². The number of aliphatic hydroxyl groups is 1. The van der Waals surface area contributed by atoms with E-state index in [-0.39, 0.29) is 12.5 Å². The minimum Gasteiger partial charge on any atom is -0.756 e. The standard InChI is InChI=1S/C60H107N2O6P/c1-6-8-10-12-14-16-18-20-22-24-26-28-29-30-31-32-33-34-36-38-40-42-44-46-48-50-52-54-60(64)61-58(57-68-69(65,66)67-56-55-62(3,4)5)59(63)53-51-49-47-45-43-41-39-37-35-27-25-23-21-19-17-15-13-11-9-7-2/h8,10,14,16,20,22,26,28,30-31,33-34,43,45,51,53,58-59,63H,6-7,9,11-13,15,17-19,21,23-25,27,29,32,35-42,44,46-50,52,54-57H2,1-5H3,(H-,61,64,65,66)/b10-8-,16-14-,22-20-,28-26-,31-30-,34-33-,45-43+,53-51+. The first-order valence-electron chi connectivity index (χ1n) is 28.1. The van der Waals surface area contributed by atoms with Gasteiger partial charge in [-0.3, -0.25) is 9.36 Å². The molecule has 0 aromatic rings. The third-order valence-corrected chi connectivity index (χ3v) is 13.0. The fraction of sp³-hybridized carbons (Fsp3) is 0.717. The first kappa shape index (κ1) is 66.4. The molecule has 69 heavy (non-hydrogen) atoms. The van der Waals surface area contributed by atoms with Crippen LogP contribution in [0, 0.1) is 0 Å². The molecule has 398 valence electrons. The van der Waals surface area contributed by atoms with Crippen LogP contribution in [0.25, 0.3) is 0 Å². The van der Waals surface area contributed by atoms with E-state index in [1.165, 1.54) is 116 Å². The maximum Gasteiger partial charge on any atom is 0.268 e. The van der Waals surface area contributed by atoms with Crippen molar-refractivity contribution in [3.05, 3.63) is 97.2 Å². The second-order valence-corrected chi connectivity index (χ2v) is 21.3. The minimum atomic E-state index is -4.61. The van der Waals surface area contributed by atoms with E-state index < -0.39 is 26.6 Å². The number of nitrogens with zero attached hydrogens (tertiary/aromatic N) is 1. The summed E-state index contributed by atoms with van der Waals surface area (Å²) < 4.78 is 23.3. The van der Waals surface area contributed by atoms with E-state index in [1.54, 1.807) is 6.08 Å². The molecule has 0 aromatic heterocycles. The highest BCUT2D eigenvalue weighted by atomic mass is 31.2. The Labute approximate surface area is 426 Å². The van der Waals surface area contributed by atoms with Gasteiger partial charge < -0.3 is 28.8 Å². The Balaban J connectivity index is 4.32. The lowest BCUT2D eigenvalue weighted by Crippen LogP contribution is -2.45. The number of phosphoric ester groups is 1. The molecule has 9 heteroatoms. The van der Waals surface area contributed by atoms with Crippen LogP contribution in [-0.2, 0) is 18.4 Å². The van der Waals surface area contributed by atoms with Gasteiger partial charge >= 0.3 is 0 Å². The molecule has 0 saturated heterocycles. The number of quaternary nitrogens is 1. The number of nitrogens with one attached hydrogen (secondary N) is 1. The van der Waals surface area contributed by atoms with Gasteiger partial charge in [0.25, 0.3) is 7.82 Å². The van der Waals surface area contributed by atoms with E-state index in [1.807, 2.05) is 27.2 Å². The molecule has 0 fully saturated rings. The quantitative estimate of drug-likeness (QED) is 0.0272. The largest absolute Gasteiger partial charge is 0.756 e. The number of amides is 1. The zero-order valence-electron chi connectivity index (χ0n) is 45.2. The van der Waals surface area contributed by atoms with E-state index in [4.69, 9.17) is 9.05 Å². The second-order valence-electron chi connectivity index (χ2n) is 19.9. The first-order chi connectivity index (χ1) is 33.5. The number of aliphatic hydroxyl groups excluding tert-OH is 1. The summed E-state index contributed by atoms with van der Waals surface area (Å²) in [5.74, 6) is -0.219. The molecule has 0 aliphatic rings. The van der Waals surface area contributed by atoms with Crippen LogP contribution in [-0.4, -0.2) is 68.5 Å². The normalized spacial score (nSPS) is 14.7. The summed E-state index contributed by atoms with van der Waals surface area (Å²) in [5.41, 5.74) is 0. The van der Waals surface area contributed by atoms with Crippen molar-refractivity contribution >= 4 is 13.7 Å². The molecule has 3 atom stereocenters. The Morgan fingerprint density at radius 1 is 0.522 bits per heavy atom. The molecule has 0 spiro atoms. The predicted octanol–water partition coefficient (Wildman–Crippen LogP) is 16.4. The molecular formula is C60H107N2O6P. The number of allylic oxidation sites excluding steroid dienone is 15. The molecular weight excluding hydrogens is 876 g/mol. The van der Waals surface area contributed by atoms with Crippen LogP contribution in [0.3, 0.4) is 0 Å². The van der Waals surface area contributed by atoms with Crippen LogP contribution in [0.2, 0.25) is 0 Å². The summed E-state index contributed by atoms with van der Waals surface area (Å²) in [4.78, 5) is 25.5. The zero-order valence-corrected chi connectivity index (χ0v) is 46.1. The first-order valence-corrected chi connectivity index (χ1v) is 29.6. The van der Waals surface area contributed by atoms with E-state index in [0.717, 1.165) is 89.9 Å². The highest BCUT2D eigenvalue weighted by Gasteiger charge is 2.23. The molecule has 0 radical (unpaired) electrons. The molecule has 8 nitrogen and oxygen atoms in total. The van der Waals surface area contributed by atoms with Crippen molar-refractivity contribution in [2.75, 3.05) is 40.9 Å². The molecule has 0 bridgehead atoms. The van der Waals surface area contributed by atoms with Crippen molar-refractivity contribution < 1.29 is 32.9 Å². The van der Waals surface area contributed by atoms with Crippen LogP contribution < -0.4 is 10.2 Å². The molecule has 1 amide bonds. The van der Waals surface area contributed by atoms with Crippen molar-refractivity contribution in [2.24, 2.45) is 0 Å². The van der Waals surface area contributed by atoms with Crippen molar-refractivity contribution in [3.8, 4) is 0 Å². The summed E-state index contributed by atoms with van der Waals surface area (Å²) in [6, 6.07) is -0.915. The van der Waals surface area contributed by atoms with Gasteiger partial charge in [0.2, 0.25) is 5.91 Å². The Kier molecular flexibility index (Phi) is 48.5. The highest BCUT2D eigenvalue weighted by molar-refractivity contribution is 7.45. The van der Waals surface area contributed by atoms with Crippen molar-refractivity contribution in [2.45, 2.75) is 238 Å². The van der Waals surface area contributed by atoms with Crippen LogP contribution in [0.1, 0.15) is 226 Å². The summed E-state index contributed by atoms with van der Waals surface area (Å²) in [7, 11) is 1.23. The molecule has 3 unspecified atom stereocenters. The highest BCUT2D eigenvalue weighted by Crippen LogP contribution is 2.38. The Bertz CT molecular complexity index is 1440. The lowest BCUT2D eigenvalue weighted by Gasteiger charge is -2.29. The van der Waals surface area contributed by atoms with Crippen LogP contribution >= 0.6 is 7.82 Å². The SMILES string of the molecule is CC/C=C\C/C=C\C/C=C\C/C=C\C/C=C\C/C=C\CCCCCCCCCCC(=O)NC(COP(=O)([O-])OCC[N+](C)(C)C)C(O)/C=C/CC/C=C/CCCCCCCCCCCCCCCC. The fourth-order valence-corrected chi connectivity index (χ4v) is 8.37. The Hall–Kier alpha value is -2.58. The average molecular weight is 983 g/mol. The molecule has 2 N–H and O–H groups in total. The average Bonchev–Trinajstić information content (AvgIpc) is 3.31. The number of rotatable bonds is 50. The third kappa shape index (κ3) is 53.1. The van der Waals surface area contributed by atoms with Gasteiger partial charge in [0.05, 0.1) is 39.9 Å². The lowest BCUT2D eigenvalue weighted by atomic mass is 10.0. The molecule has 0 rings (SSSR count). The third-order valence-electron chi connectivity index (χ3n) is 12.0. The van der Waals surface area contributed by atoms with E-state index in [0.29, 0.717) is 17.4 Å². The molecule has 0 aliphatic heterocycles. The summed E-state index contributed by atoms with van der Waals surface area (Å²) >= 11 is 0. The second kappa shape index (κ2) is 50.4. The van der Waals surface area contributed by atoms with Gasteiger partial charge in [-0.1, -0.05) is 233 Å². The Morgan fingerprint density at radius 2 is 0.899 bits per heavy atom. The van der Waals surface area contributed by atoms with Gasteiger partial charge in [0.15, 0.2) is 0 Å². The van der Waals surface area contributed by atoms with Gasteiger partial charge in [0.1, 0.15) is 13.2 Å². The van der Waals surface area contributed by atoms with E-state index >= 15 is 0 Å². The molecule has 0 heterocycles. The van der Waals surface area contributed by atoms with Crippen molar-refractivity contribution in [3.63, 3.8) is 0 Å². The number of unbranched alkanes of at least 4 members (excludes halogenated alkanes) is 23. The minimum absolute atomic E-state index is 0.0129. The van der Waals surface area contributed by atoms with Gasteiger partial charge in [-0.15, -0.1) is 0 Å². The zero-order chi connectivity index (χ0) is 50.6. The Morgan fingerprint density at radius 3 is 1.35 bits per heavy atom. The number of phosphoric acid groups is 1. The maximum atomic E-state index is 13.0. The number of hydrogen-bond acceptors (Lipinski definition) is 6. The topological polar surface area (TPSA) is 108 Å². The number of likely N-dealkylation sites (N-methyl/N-ethyl adjacent to an activating group) is 1. The van der Waals surface area contributed by atoms with E-state index in [2.05, 4.69) is 104 Å².